The first kappa shape index (κ1) is 17.2. The summed E-state index contributed by atoms with van der Waals surface area (Å²) in [6.45, 7) is 1.81. The first-order chi connectivity index (χ1) is 11.7. The average molecular weight is 349 g/mol. The molecule has 0 unspecified atom stereocenters. The van der Waals surface area contributed by atoms with Crippen molar-refractivity contribution in [2.75, 3.05) is 14.1 Å². The fourth-order valence-electron chi connectivity index (χ4n) is 3.01. The van der Waals surface area contributed by atoms with Gasteiger partial charge in [-0.3, -0.25) is 0 Å². The standard InChI is InChI=1S/C19H17F4N2/c1-12-17(11-24(2)3)16-6-4-5-7-18(16)25(12)15-9-13(19(21,22)23)8-14(20)10-15/h4-11H,1-3H3/q+1. The minimum Gasteiger partial charge on any atom is -0.313 e. The zero-order valence-electron chi connectivity index (χ0n) is 14.0. The second-order valence-electron chi connectivity index (χ2n) is 6.14. The van der Waals surface area contributed by atoms with Crippen molar-refractivity contribution in [2.45, 2.75) is 13.1 Å². The topological polar surface area (TPSA) is 7.94 Å². The average Bonchev–Trinajstić information content (AvgIpc) is 2.78. The molecule has 2 nitrogen and oxygen atoms in total. The minimum atomic E-state index is -4.60. The Balaban J connectivity index is 2.36. The van der Waals surface area contributed by atoms with E-state index in [-0.39, 0.29) is 5.69 Å². The van der Waals surface area contributed by atoms with Crippen LogP contribution >= 0.6 is 0 Å². The molecule has 0 fully saturated rings. The second-order valence-corrected chi connectivity index (χ2v) is 6.14. The van der Waals surface area contributed by atoms with Crippen molar-refractivity contribution in [3.8, 4) is 5.69 Å². The maximum atomic E-state index is 13.9. The van der Waals surface area contributed by atoms with Crippen molar-refractivity contribution in [1.29, 1.82) is 0 Å². The first-order valence-electron chi connectivity index (χ1n) is 7.68. The van der Waals surface area contributed by atoms with Gasteiger partial charge in [-0.25, -0.2) is 8.97 Å². The van der Waals surface area contributed by atoms with Crippen LogP contribution in [0.4, 0.5) is 17.6 Å². The molecule has 0 aliphatic carbocycles. The van der Waals surface area contributed by atoms with Crippen molar-refractivity contribution < 1.29 is 22.1 Å². The van der Waals surface area contributed by atoms with Gasteiger partial charge in [0.15, 0.2) is 6.21 Å². The lowest BCUT2D eigenvalue weighted by Crippen LogP contribution is -2.08. The molecule has 0 N–H and O–H groups in total. The molecule has 0 aliphatic rings. The van der Waals surface area contributed by atoms with Crippen LogP contribution in [0.15, 0.2) is 42.5 Å². The van der Waals surface area contributed by atoms with E-state index in [1.54, 1.807) is 4.57 Å². The highest BCUT2D eigenvalue weighted by atomic mass is 19.4. The van der Waals surface area contributed by atoms with Crippen molar-refractivity contribution in [1.82, 2.24) is 4.57 Å². The lowest BCUT2D eigenvalue weighted by molar-refractivity contribution is -0.458. The third kappa shape index (κ3) is 3.16. The molecule has 3 aromatic rings. The number of hydrogen-bond donors (Lipinski definition) is 0. The fourth-order valence-corrected chi connectivity index (χ4v) is 3.01. The predicted molar refractivity (Wildman–Crippen MR) is 90.2 cm³/mol. The minimum absolute atomic E-state index is 0.152. The molecule has 3 rings (SSSR count). The molecule has 0 saturated heterocycles. The molecule has 0 aliphatic heterocycles. The van der Waals surface area contributed by atoms with Gasteiger partial charge in [0.25, 0.3) is 0 Å². The number of rotatable bonds is 2. The zero-order chi connectivity index (χ0) is 18.4. The molecule has 2 aromatic carbocycles. The van der Waals surface area contributed by atoms with Crippen LogP contribution in [0.3, 0.4) is 0 Å². The highest BCUT2D eigenvalue weighted by Crippen LogP contribution is 2.34. The van der Waals surface area contributed by atoms with E-state index in [1.807, 2.05) is 56.1 Å². The number of para-hydroxylation sites is 1. The summed E-state index contributed by atoms with van der Waals surface area (Å²) >= 11 is 0. The monoisotopic (exact) mass is 349 g/mol. The van der Waals surface area contributed by atoms with Crippen molar-refractivity contribution in [2.24, 2.45) is 0 Å². The Morgan fingerprint density at radius 3 is 2.36 bits per heavy atom. The van der Waals surface area contributed by atoms with Gasteiger partial charge in [-0.1, -0.05) is 18.2 Å². The Bertz CT molecular complexity index is 977. The van der Waals surface area contributed by atoms with Crippen molar-refractivity contribution >= 4 is 17.1 Å². The Kier molecular flexibility index (Phi) is 4.14. The number of halogens is 4. The fraction of sp³-hybridized carbons (Fsp3) is 0.211. The molecule has 0 spiro atoms. The van der Waals surface area contributed by atoms with E-state index in [2.05, 4.69) is 0 Å². The highest BCUT2D eigenvalue weighted by molar-refractivity contribution is 6.00. The maximum absolute atomic E-state index is 13.9. The van der Waals surface area contributed by atoms with E-state index in [1.165, 1.54) is 0 Å². The van der Waals surface area contributed by atoms with E-state index < -0.39 is 17.6 Å². The number of benzene rings is 2. The Labute approximate surface area is 142 Å². The van der Waals surface area contributed by atoms with Crippen LogP contribution in [0.2, 0.25) is 0 Å². The molecule has 1 heterocycles. The zero-order valence-corrected chi connectivity index (χ0v) is 14.0. The Hall–Kier alpha value is -2.63. The molecule has 130 valence electrons. The molecule has 0 amide bonds. The summed E-state index contributed by atoms with van der Waals surface area (Å²) < 4.78 is 56.6. The molecule has 0 atom stereocenters. The van der Waals surface area contributed by atoms with E-state index in [4.69, 9.17) is 0 Å². The summed E-state index contributed by atoms with van der Waals surface area (Å²) in [6.07, 6.45) is -2.70. The lowest BCUT2D eigenvalue weighted by Gasteiger charge is -2.13. The van der Waals surface area contributed by atoms with Gasteiger partial charge in [-0.15, -0.1) is 0 Å². The van der Waals surface area contributed by atoms with Gasteiger partial charge in [0.05, 0.1) is 16.6 Å². The van der Waals surface area contributed by atoms with Gasteiger partial charge in [0, 0.05) is 16.8 Å². The SMILES string of the molecule is Cc1c(C=[N+](C)C)c2ccccc2n1-c1cc(F)cc(C(F)(F)F)c1. The third-order valence-corrected chi connectivity index (χ3v) is 4.02. The molecule has 6 heteroatoms. The summed E-state index contributed by atoms with van der Waals surface area (Å²) in [4.78, 5) is 0. The highest BCUT2D eigenvalue weighted by Gasteiger charge is 2.32. The van der Waals surface area contributed by atoms with Crippen LogP contribution in [0.25, 0.3) is 16.6 Å². The van der Waals surface area contributed by atoms with Crippen LogP contribution in [0, 0.1) is 12.7 Å². The van der Waals surface area contributed by atoms with Gasteiger partial charge in [-0.05, 0) is 31.2 Å². The second kappa shape index (κ2) is 6.02. The third-order valence-electron chi connectivity index (χ3n) is 4.02. The van der Waals surface area contributed by atoms with Gasteiger partial charge in [0.2, 0.25) is 0 Å². The molecule has 0 radical (unpaired) electrons. The summed E-state index contributed by atoms with van der Waals surface area (Å²) in [6, 6.07) is 9.99. The van der Waals surface area contributed by atoms with Crippen LogP contribution < -0.4 is 0 Å². The number of fused-ring (bicyclic) bond motifs is 1. The number of hydrogen-bond acceptors (Lipinski definition) is 0. The van der Waals surface area contributed by atoms with Crippen LogP contribution in [0.1, 0.15) is 16.8 Å². The van der Waals surface area contributed by atoms with Gasteiger partial charge in [0.1, 0.15) is 19.9 Å². The normalized spacial score (nSPS) is 11.8. The molecular weight excluding hydrogens is 332 g/mol. The first-order valence-corrected chi connectivity index (χ1v) is 7.68. The molecule has 0 bridgehead atoms. The van der Waals surface area contributed by atoms with Gasteiger partial charge in [-0.2, -0.15) is 13.2 Å². The van der Waals surface area contributed by atoms with E-state index >= 15 is 0 Å². The number of alkyl halides is 3. The van der Waals surface area contributed by atoms with Crippen LogP contribution in [-0.2, 0) is 6.18 Å². The summed E-state index contributed by atoms with van der Waals surface area (Å²) in [5.74, 6) is -0.917. The quantitative estimate of drug-likeness (QED) is 0.357. The Morgan fingerprint density at radius 2 is 1.72 bits per heavy atom. The van der Waals surface area contributed by atoms with Crippen molar-refractivity contribution in [3.63, 3.8) is 0 Å². The van der Waals surface area contributed by atoms with Gasteiger partial charge < -0.3 is 4.57 Å². The smallest absolute Gasteiger partial charge is 0.313 e. The van der Waals surface area contributed by atoms with Crippen molar-refractivity contribution in [3.05, 3.63) is 65.1 Å². The largest absolute Gasteiger partial charge is 0.416 e. The van der Waals surface area contributed by atoms with Crippen LogP contribution in [-0.4, -0.2) is 29.5 Å². The molecule has 25 heavy (non-hydrogen) atoms. The summed E-state index contributed by atoms with van der Waals surface area (Å²) in [5, 5.41) is 0.895. The number of nitrogens with zero attached hydrogens (tertiary/aromatic N) is 2. The molecular formula is C19H17F4N2+. The summed E-state index contributed by atoms with van der Waals surface area (Å²) in [5.41, 5.74) is 1.51. The van der Waals surface area contributed by atoms with E-state index in [0.29, 0.717) is 6.07 Å². The number of aromatic nitrogens is 1. The maximum Gasteiger partial charge on any atom is 0.416 e. The Morgan fingerprint density at radius 1 is 1.04 bits per heavy atom. The van der Waals surface area contributed by atoms with E-state index in [9.17, 15) is 17.6 Å². The summed E-state index contributed by atoms with van der Waals surface area (Å²) in [7, 11) is 3.74. The van der Waals surface area contributed by atoms with Gasteiger partial charge >= 0.3 is 6.18 Å². The molecule has 0 saturated carbocycles. The van der Waals surface area contributed by atoms with Crippen LogP contribution in [0.5, 0.6) is 0 Å². The molecule has 1 aromatic heterocycles. The lowest BCUT2D eigenvalue weighted by atomic mass is 10.1. The van der Waals surface area contributed by atoms with E-state index in [0.717, 1.165) is 34.3 Å². The predicted octanol–water partition coefficient (Wildman–Crippen LogP) is 4.79.